The minimum Gasteiger partial charge on any atom is -0.0951 e. The van der Waals surface area contributed by atoms with Gasteiger partial charge in [-0.15, -0.1) is 0 Å². The van der Waals surface area contributed by atoms with Gasteiger partial charge in [0.1, 0.15) is 0 Å². The van der Waals surface area contributed by atoms with Crippen molar-refractivity contribution in [3.8, 4) is 0 Å². The maximum atomic E-state index is 2.59. The van der Waals surface area contributed by atoms with Gasteiger partial charge >= 0.3 is 0 Å². The van der Waals surface area contributed by atoms with E-state index >= 15 is 0 Å². The third-order valence-electron chi connectivity index (χ3n) is 7.59. The van der Waals surface area contributed by atoms with Crippen molar-refractivity contribution in [3.05, 3.63) is 0 Å². The molecule has 0 saturated carbocycles. The molecule has 0 atom stereocenters. The van der Waals surface area contributed by atoms with Gasteiger partial charge in [-0.05, 0) is 71.5 Å². The Morgan fingerprint density at radius 1 is 0.462 bits per heavy atom. The maximum absolute atomic E-state index is 2.59. The molecule has 2 aliphatic rings. The second-order valence-electron chi connectivity index (χ2n) is 11.7. The summed E-state index contributed by atoms with van der Waals surface area (Å²) in [5.74, 6) is 0. The van der Waals surface area contributed by atoms with Crippen molar-refractivity contribution in [2.24, 2.45) is 0 Å². The largest absolute Gasteiger partial charge is 0.0951 e. The summed E-state index contributed by atoms with van der Waals surface area (Å²) in [4.78, 5) is 0. The molecule has 2 aliphatic heterocycles. The fraction of sp³-hybridized carbons (Fsp3) is 1.00. The van der Waals surface area contributed by atoms with Gasteiger partial charge in [-0.3, -0.25) is 0 Å². The highest BCUT2D eigenvalue weighted by molar-refractivity contribution is 7.61. The van der Waals surface area contributed by atoms with E-state index in [0.717, 1.165) is 0 Å². The molecule has 0 nitrogen and oxygen atoms in total. The summed E-state index contributed by atoms with van der Waals surface area (Å²) in [6, 6.07) is 0. The highest BCUT2D eigenvalue weighted by Gasteiger charge is 2.42. The molecule has 0 N–H and O–H groups in total. The fourth-order valence-corrected chi connectivity index (χ4v) is 14.6. The summed E-state index contributed by atoms with van der Waals surface area (Å²) in [5.41, 5.74) is 0. The average molecular weight is 399 g/mol. The number of unbranched alkanes of at least 4 members (excludes halogenated alkanes) is 1. The zero-order valence-electron chi connectivity index (χ0n) is 19.4. The van der Waals surface area contributed by atoms with Gasteiger partial charge in [-0.25, -0.2) is 0 Å². The van der Waals surface area contributed by atoms with E-state index in [-0.39, 0.29) is 15.8 Å². The quantitative estimate of drug-likeness (QED) is 0.320. The van der Waals surface area contributed by atoms with E-state index in [2.05, 4.69) is 55.4 Å². The standard InChI is InChI=1S/C24H48P2/c1-21(2)15-9-10-16-22(3,4)25(21)19-13-14-20-26-23(5,6)17-11-12-18-24(26,7)8/h9-20H2,1-8H3. The zero-order valence-corrected chi connectivity index (χ0v) is 21.2. The first kappa shape index (κ1) is 23.1. The van der Waals surface area contributed by atoms with E-state index in [1.807, 2.05) is 0 Å². The van der Waals surface area contributed by atoms with Crippen LogP contribution in [0.2, 0.25) is 0 Å². The fourth-order valence-electron chi connectivity index (χ4n) is 6.16. The first-order valence-corrected chi connectivity index (χ1v) is 14.5. The summed E-state index contributed by atoms with van der Waals surface area (Å²) in [5, 5.41) is 2.39. The van der Waals surface area contributed by atoms with Crippen LogP contribution in [0.4, 0.5) is 0 Å². The topological polar surface area (TPSA) is 0 Å². The summed E-state index contributed by atoms with van der Waals surface area (Å²) in [6.07, 6.45) is 17.7. The lowest BCUT2D eigenvalue weighted by Crippen LogP contribution is -2.30. The highest BCUT2D eigenvalue weighted by Crippen LogP contribution is 2.66. The van der Waals surface area contributed by atoms with Crippen LogP contribution in [0.25, 0.3) is 0 Å². The second kappa shape index (κ2) is 8.70. The van der Waals surface area contributed by atoms with E-state index in [0.29, 0.717) is 20.6 Å². The molecule has 0 aromatic carbocycles. The minimum atomic E-state index is 0.140. The summed E-state index contributed by atoms with van der Waals surface area (Å²) in [7, 11) is 0.281. The Kier molecular flexibility index (Phi) is 7.74. The Hall–Kier alpha value is 0.860. The van der Waals surface area contributed by atoms with Crippen LogP contribution in [-0.2, 0) is 0 Å². The van der Waals surface area contributed by atoms with Crippen LogP contribution in [0.3, 0.4) is 0 Å². The lowest BCUT2D eigenvalue weighted by atomic mass is 10.0. The summed E-state index contributed by atoms with van der Waals surface area (Å²) < 4.78 is 0. The van der Waals surface area contributed by atoms with E-state index in [1.54, 1.807) is 0 Å². The number of hydrogen-bond donors (Lipinski definition) is 0. The Bertz CT molecular complexity index is 369. The molecule has 0 aromatic heterocycles. The molecule has 0 unspecified atom stereocenters. The molecule has 2 heterocycles. The first-order chi connectivity index (χ1) is 11.9. The molecule has 0 bridgehead atoms. The van der Waals surface area contributed by atoms with Crippen molar-refractivity contribution >= 4 is 15.8 Å². The Labute approximate surface area is 168 Å². The van der Waals surface area contributed by atoms with Crippen LogP contribution in [0, 0.1) is 0 Å². The van der Waals surface area contributed by atoms with Crippen molar-refractivity contribution in [2.75, 3.05) is 12.3 Å². The molecule has 0 spiro atoms. The molecule has 0 radical (unpaired) electrons. The van der Waals surface area contributed by atoms with Crippen LogP contribution in [0.15, 0.2) is 0 Å². The maximum Gasteiger partial charge on any atom is -0.0146 e. The van der Waals surface area contributed by atoms with Gasteiger partial charge in [0.05, 0.1) is 0 Å². The van der Waals surface area contributed by atoms with Crippen LogP contribution in [0.1, 0.15) is 120 Å². The molecule has 2 rings (SSSR count). The lowest BCUT2D eigenvalue weighted by Gasteiger charge is -2.45. The molecule has 2 saturated heterocycles. The molecule has 0 aromatic rings. The average Bonchev–Trinajstić information content (AvgIpc) is 2.66. The predicted octanol–water partition coefficient (Wildman–Crippen LogP) is 8.99. The van der Waals surface area contributed by atoms with Gasteiger partial charge in [-0.1, -0.05) is 96.9 Å². The Morgan fingerprint density at radius 2 is 0.692 bits per heavy atom. The van der Waals surface area contributed by atoms with E-state index in [9.17, 15) is 0 Å². The SMILES string of the molecule is CC1(C)CCCCC(C)(C)P1CCCCP1C(C)(C)CCCCC1(C)C. The van der Waals surface area contributed by atoms with Crippen molar-refractivity contribution in [1.82, 2.24) is 0 Å². The van der Waals surface area contributed by atoms with Gasteiger partial charge in [-0.2, -0.15) is 0 Å². The number of hydrogen-bond acceptors (Lipinski definition) is 0. The van der Waals surface area contributed by atoms with E-state index in [4.69, 9.17) is 0 Å². The monoisotopic (exact) mass is 398 g/mol. The second-order valence-corrected chi connectivity index (χ2v) is 19.1. The third kappa shape index (κ3) is 5.69. The van der Waals surface area contributed by atoms with Crippen LogP contribution in [0.5, 0.6) is 0 Å². The van der Waals surface area contributed by atoms with Gasteiger partial charge < -0.3 is 0 Å². The molecule has 2 heteroatoms. The summed E-state index contributed by atoms with van der Waals surface area (Å²) >= 11 is 0. The van der Waals surface area contributed by atoms with Gasteiger partial charge in [0.25, 0.3) is 0 Å². The van der Waals surface area contributed by atoms with Crippen molar-refractivity contribution < 1.29 is 0 Å². The van der Waals surface area contributed by atoms with Crippen molar-refractivity contribution in [2.45, 2.75) is 140 Å². The lowest BCUT2D eigenvalue weighted by molar-refractivity contribution is 0.563. The normalized spacial score (nSPS) is 29.1. The molecule has 26 heavy (non-hydrogen) atoms. The summed E-state index contributed by atoms with van der Waals surface area (Å²) in [6.45, 7) is 20.7. The molecule has 0 amide bonds. The number of rotatable bonds is 5. The van der Waals surface area contributed by atoms with Crippen LogP contribution in [-0.4, -0.2) is 32.9 Å². The first-order valence-electron chi connectivity index (χ1n) is 11.4. The van der Waals surface area contributed by atoms with Gasteiger partial charge in [0.15, 0.2) is 0 Å². The van der Waals surface area contributed by atoms with Gasteiger partial charge in [0.2, 0.25) is 0 Å². The predicted molar refractivity (Wildman–Crippen MR) is 126 cm³/mol. The van der Waals surface area contributed by atoms with Crippen LogP contribution >= 0.6 is 15.8 Å². The molecule has 2 fully saturated rings. The smallest absolute Gasteiger partial charge is 0.0146 e. The molecular formula is C24H48P2. The van der Waals surface area contributed by atoms with Crippen molar-refractivity contribution in [1.29, 1.82) is 0 Å². The van der Waals surface area contributed by atoms with Gasteiger partial charge in [0, 0.05) is 0 Å². The minimum absolute atomic E-state index is 0.140. The third-order valence-corrected chi connectivity index (χ3v) is 15.9. The van der Waals surface area contributed by atoms with Crippen molar-refractivity contribution in [3.63, 3.8) is 0 Å². The van der Waals surface area contributed by atoms with E-state index in [1.165, 1.54) is 76.5 Å². The highest BCUT2D eigenvalue weighted by atomic mass is 31.1. The van der Waals surface area contributed by atoms with E-state index < -0.39 is 0 Å². The van der Waals surface area contributed by atoms with Crippen LogP contribution < -0.4 is 0 Å². The molecular weight excluding hydrogens is 350 g/mol. The zero-order chi connectivity index (χ0) is 19.6. The molecule has 0 aliphatic carbocycles. The Morgan fingerprint density at radius 3 is 0.923 bits per heavy atom. The Balaban J connectivity index is 1.95. The molecule has 154 valence electrons.